The first kappa shape index (κ1) is 19.3. The number of pyridine rings is 1. The average Bonchev–Trinajstić information content (AvgIpc) is 3.02. The van der Waals surface area contributed by atoms with Crippen molar-refractivity contribution in [2.24, 2.45) is 5.73 Å². The van der Waals surface area contributed by atoms with Crippen molar-refractivity contribution in [1.29, 1.82) is 0 Å². The van der Waals surface area contributed by atoms with Crippen LogP contribution in [0.4, 0.5) is 10.8 Å². The predicted molar refractivity (Wildman–Crippen MR) is 109 cm³/mol. The van der Waals surface area contributed by atoms with Gasteiger partial charge in [0.05, 0.1) is 24.0 Å². The number of hydrogen-bond acceptors (Lipinski definition) is 7. The number of hydrogen-bond donors (Lipinski definition) is 2. The van der Waals surface area contributed by atoms with Gasteiger partial charge in [0.1, 0.15) is 11.4 Å². The Balaban J connectivity index is 2.24. The number of nitrogens with zero attached hydrogens (tertiary/aromatic N) is 2. The first-order valence-electron chi connectivity index (χ1n) is 7.99. The summed E-state index contributed by atoms with van der Waals surface area (Å²) in [7, 11) is 1.65. The molecule has 0 aliphatic rings. The van der Waals surface area contributed by atoms with E-state index >= 15 is 0 Å². The van der Waals surface area contributed by atoms with Gasteiger partial charge in [-0.25, -0.2) is 4.98 Å². The number of ether oxygens (including phenoxy) is 1. The summed E-state index contributed by atoms with van der Waals surface area (Å²) in [4.78, 5) is 10.1. The molecule has 2 rings (SSSR count). The van der Waals surface area contributed by atoms with E-state index in [1.165, 1.54) is 5.57 Å². The van der Waals surface area contributed by atoms with E-state index in [1.807, 2.05) is 24.4 Å². The summed E-state index contributed by atoms with van der Waals surface area (Å²) >= 11 is 3.10. The van der Waals surface area contributed by atoms with Crippen LogP contribution >= 0.6 is 23.1 Å². The number of methoxy groups -OCH3 is 1. The molecule has 2 heterocycles. The van der Waals surface area contributed by atoms with Crippen molar-refractivity contribution in [2.75, 3.05) is 12.4 Å². The van der Waals surface area contributed by atoms with E-state index in [4.69, 9.17) is 15.5 Å². The summed E-state index contributed by atoms with van der Waals surface area (Å²) in [6.45, 7) is 8.14. The summed E-state index contributed by atoms with van der Waals surface area (Å²) in [5.41, 5.74) is 9.88. The van der Waals surface area contributed by atoms with Crippen LogP contribution < -0.4 is 15.8 Å². The third kappa shape index (κ3) is 5.24. The molecule has 0 atom stereocenters. The Labute approximate surface area is 157 Å². The zero-order chi connectivity index (χ0) is 18.4. The highest BCUT2D eigenvalue weighted by Crippen LogP contribution is 2.37. The van der Waals surface area contributed by atoms with Gasteiger partial charge in [-0.3, -0.25) is 4.98 Å². The van der Waals surface area contributed by atoms with Crippen LogP contribution in [0.15, 0.2) is 34.3 Å². The maximum Gasteiger partial charge on any atom is 0.187 e. The van der Waals surface area contributed by atoms with Crippen molar-refractivity contribution in [3.63, 3.8) is 0 Å². The van der Waals surface area contributed by atoms with Crippen LogP contribution in [0.5, 0.6) is 5.75 Å². The van der Waals surface area contributed by atoms with Crippen molar-refractivity contribution in [2.45, 2.75) is 34.1 Å². The Hall–Kier alpha value is -1.99. The number of aromatic nitrogens is 2. The SMILES string of the molecule is CC/C=C(\N)SC(=C(C)C)c1csc(Nc2cnc(C)cc2OC)n1. The lowest BCUT2D eigenvalue weighted by atomic mass is 10.3. The Bertz CT molecular complexity index is 792. The Morgan fingerprint density at radius 3 is 2.84 bits per heavy atom. The first-order chi connectivity index (χ1) is 11.9. The topological polar surface area (TPSA) is 73.1 Å². The number of thioether (sulfide) groups is 1. The van der Waals surface area contributed by atoms with Gasteiger partial charge >= 0.3 is 0 Å². The monoisotopic (exact) mass is 376 g/mol. The van der Waals surface area contributed by atoms with Crippen LogP contribution in [-0.2, 0) is 0 Å². The molecule has 0 radical (unpaired) electrons. The van der Waals surface area contributed by atoms with E-state index in [-0.39, 0.29) is 0 Å². The molecule has 134 valence electrons. The molecular formula is C18H24N4OS2. The normalized spacial score (nSPS) is 11.3. The van der Waals surface area contributed by atoms with Gasteiger partial charge in [-0.05, 0) is 27.2 Å². The summed E-state index contributed by atoms with van der Waals surface area (Å²) < 4.78 is 5.41. The second kappa shape index (κ2) is 8.92. The van der Waals surface area contributed by atoms with Crippen LogP contribution in [0.1, 0.15) is 38.6 Å². The molecule has 0 saturated heterocycles. The fraction of sp³-hybridized carbons (Fsp3) is 0.333. The molecule has 5 nitrogen and oxygen atoms in total. The molecule has 0 bridgehead atoms. The highest BCUT2D eigenvalue weighted by Gasteiger charge is 2.13. The minimum absolute atomic E-state index is 0.746. The molecule has 0 aliphatic carbocycles. The van der Waals surface area contributed by atoms with Gasteiger partial charge in [-0.15, -0.1) is 11.3 Å². The lowest BCUT2D eigenvalue weighted by Gasteiger charge is -2.09. The molecule has 25 heavy (non-hydrogen) atoms. The minimum Gasteiger partial charge on any atom is -0.494 e. The molecule has 0 spiro atoms. The lowest BCUT2D eigenvalue weighted by Crippen LogP contribution is -1.97. The smallest absolute Gasteiger partial charge is 0.187 e. The van der Waals surface area contributed by atoms with Gasteiger partial charge in [0.2, 0.25) is 0 Å². The van der Waals surface area contributed by atoms with Gasteiger partial charge in [0.15, 0.2) is 5.13 Å². The maximum atomic E-state index is 6.07. The van der Waals surface area contributed by atoms with Crippen LogP contribution in [-0.4, -0.2) is 17.1 Å². The predicted octanol–water partition coefficient (Wildman–Crippen LogP) is 5.29. The summed E-state index contributed by atoms with van der Waals surface area (Å²) in [5, 5.41) is 6.90. The number of anilines is 2. The van der Waals surface area contributed by atoms with Crippen molar-refractivity contribution in [3.8, 4) is 5.75 Å². The second-order valence-corrected chi connectivity index (χ2v) is 7.58. The van der Waals surface area contributed by atoms with Gasteiger partial charge in [-0.2, -0.15) is 0 Å². The molecule has 0 aromatic carbocycles. The minimum atomic E-state index is 0.746. The number of thiazole rings is 1. The average molecular weight is 377 g/mol. The molecule has 0 amide bonds. The number of aryl methyl sites for hydroxylation is 1. The summed E-state index contributed by atoms with van der Waals surface area (Å²) in [5.74, 6) is 0.746. The zero-order valence-corrected chi connectivity index (χ0v) is 16.8. The van der Waals surface area contributed by atoms with Crippen LogP contribution in [0.3, 0.4) is 0 Å². The standard InChI is InChI=1S/C18H24N4OS2/c1-6-7-16(19)25-17(11(2)3)14-10-24-18(22-14)21-13-9-20-12(4)8-15(13)23-5/h7-10H,6,19H2,1-5H3,(H,21,22)/b16-7+. The van der Waals surface area contributed by atoms with E-state index in [0.29, 0.717) is 0 Å². The van der Waals surface area contributed by atoms with Crippen molar-refractivity contribution >= 4 is 38.8 Å². The Kier molecular flexibility index (Phi) is 6.90. The molecule has 2 aromatic rings. The van der Waals surface area contributed by atoms with E-state index in [2.05, 4.69) is 31.1 Å². The van der Waals surface area contributed by atoms with Crippen LogP contribution in [0.25, 0.3) is 4.91 Å². The lowest BCUT2D eigenvalue weighted by molar-refractivity contribution is 0.416. The summed E-state index contributed by atoms with van der Waals surface area (Å²) in [6, 6.07) is 1.89. The third-order valence-electron chi connectivity index (χ3n) is 3.28. The van der Waals surface area contributed by atoms with Gasteiger partial charge in [0, 0.05) is 22.0 Å². The molecule has 7 heteroatoms. The molecule has 0 unspecified atom stereocenters. The highest BCUT2D eigenvalue weighted by atomic mass is 32.2. The number of rotatable bonds is 7. The first-order valence-corrected chi connectivity index (χ1v) is 9.68. The second-order valence-electron chi connectivity index (χ2n) is 5.63. The Morgan fingerprint density at radius 1 is 1.44 bits per heavy atom. The molecular weight excluding hydrogens is 352 g/mol. The molecule has 0 saturated carbocycles. The summed E-state index contributed by atoms with van der Waals surface area (Å²) in [6.07, 6.45) is 4.69. The number of nitrogens with one attached hydrogen (secondary N) is 1. The van der Waals surface area contributed by atoms with Crippen LogP contribution in [0, 0.1) is 6.92 Å². The number of nitrogens with two attached hydrogens (primary N) is 1. The number of allylic oxidation sites excluding steroid dienone is 2. The van der Waals surface area contributed by atoms with E-state index in [9.17, 15) is 0 Å². The molecule has 0 fully saturated rings. The van der Waals surface area contributed by atoms with E-state index in [1.54, 1.807) is 36.4 Å². The highest BCUT2D eigenvalue weighted by molar-refractivity contribution is 8.11. The van der Waals surface area contributed by atoms with Crippen LogP contribution in [0.2, 0.25) is 0 Å². The van der Waals surface area contributed by atoms with E-state index in [0.717, 1.165) is 44.3 Å². The van der Waals surface area contributed by atoms with Crippen molar-refractivity contribution in [1.82, 2.24) is 9.97 Å². The zero-order valence-electron chi connectivity index (χ0n) is 15.2. The molecule has 0 aliphatic heterocycles. The van der Waals surface area contributed by atoms with E-state index < -0.39 is 0 Å². The van der Waals surface area contributed by atoms with Crippen molar-refractivity contribution < 1.29 is 4.74 Å². The van der Waals surface area contributed by atoms with Gasteiger partial charge < -0.3 is 15.8 Å². The van der Waals surface area contributed by atoms with Crippen molar-refractivity contribution in [3.05, 3.63) is 45.7 Å². The molecule has 3 N–H and O–H groups in total. The van der Waals surface area contributed by atoms with Gasteiger partial charge in [-0.1, -0.05) is 30.3 Å². The Morgan fingerprint density at radius 2 is 2.20 bits per heavy atom. The fourth-order valence-corrected chi connectivity index (χ4v) is 3.81. The molecule has 2 aromatic heterocycles. The quantitative estimate of drug-likeness (QED) is 0.684. The third-order valence-corrected chi connectivity index (χ3v) is 5.26. The maximum absolute atomic E-state index is 6.07. The largest absolute Gasteiger partial charge is 0.494 e. The van der Waals surface area contributed by atoms with Gasteiger partial charge in [0.25, 0.3) is 0 Å². The fourth-order valence-electron chi connectivity index (χ4n) is 2.12.